The minimum atomic E-state index is -4.59. The molecule has 0 heterocycles. The second-order valence-electron chi connectivity index (χ2n) is 3.32. The van der Waals surface area contributed by atoms with Crippen LogP contribution in [-0.4, -0.2) is 6.67 Å². The molecule has 0 saturated carbocycles. The van der Waals surface area contributed by atoms with E-state index >= 15 is 0 Å². The molecule has 0 amide bonds. The van der Waals surface area contributed by atoms with E-state index in [0.29, 0.717) is 6.07 Å². The van der Waals surface area contributed by atoms with Gasteiger partial charge in [-0.2, -0.15) is 13.2 Å². The first kappa shape index (κ1) is 16.1. The average molecular weight is 276 g/mol. The maximum atomic E-state index is 13.3. The van der Waals surface area contributed by atoms with Crippen molar-refractivity contribution in [3.05, 3.63) is 35.1 Å². The summed E-state index contributed by atoms with van der Waals surface area (Å²) in [5, 5.41) is 0. The van der Waals surface area contributed by atoms with Gasteiger partial charge in [-0.15, -0.1) is 12.4 Å². The van der Waals surface area contributed by atoms with Crippen molar-refractivity contribution < 1.29 is 22.0 Å². The highest BCUT2D eigenvalue weighted by atomic mass is 35.5. The number of hydrogen-bond acceptors (Lipinski definition) is 1. The average Bonchev–Trinajstić information content (AvgIpc) is 2.16. The van der Waals surface area contributed by atoms with E-state index in [-0.39, 0.29) is 24.4 Å². The van der Waals surface area contributed by atoms with Gasteiger partial charge in [0.25, 0.3) is 0 Å². The fourth-order valence-corrected chi connectivity index (χ4v) is 1.28. The molecule has 98 valence electrons. The summed E-state index contributed by atoms with van der Waals surface area (Å²) in [7, 11) is 0. The van der Waals surface area contributed by atoms with Gasteiger partial charge in [0.2, 0.25) is 0 Å². The molecule has 0 unspecified atom stereocenters. The van der Waals surface area contributed by atoms with Gasteiger partial charge in [0, 0.05) is 11.6 Å². The fraction of sp³-hybridized carbons (Fsp3) is 0.400. The van der Waals surface area contributed by atoms with E-state index in [4.69, 9.17) is 5.73 Å². The molecule has 0 radical (unpaired) electrons. The number of nitrogens with two attached hydrogens (primary N) is 1. The summed E-state index contributed by atoms with van der Waals surface area (Å²) in [5.41, 5.74) is 4.22. The zero-order valence-electron chi connectivity index (χ0n) is 8.60. The van der Waals surface area contributed by atoms with Crippen LogP contribution >= 0.6 is 12.4 Å². The van der Waals surface area contributed by atoms with E-state index < -0.39 is 30.3 Å². The predicted molar refractivity (Wildman–Crippen MR) is 56.2 cm³/mol. The smallest absolute Gasteiger partial charge is 0.324 e. The van der Waals surface area contributed by atoms with Crippen LogP contribution in [0.5, 0.6) is 0 Å². The Bertz CT molecular complexity index is 366. The second-order valence-corrected chi connectivity index (χ2v) is 3.32. The molecule has 0 bridgehead atoms. The number of rotatable bonds is 3. The molecule has 1 aromatic rings. The summed E-state index contributed by atoms with van der Waals surface area (Å²) < 4.78 is 61.8. The van der Waals surface area contributed by atoms with Crippen molar-refractivity contribution in [1.29, 1.82) is 0 Å². The molecule has 2 N–H and O–H groups in total. The van der Waals surface area contributed by atoms with Crippen molar-refractivity contribution in [1.82, 2.24) is 0 Å². The minimum absolute atomic E-state index is 0. The third-order valence-corrected chi connectivity index (χ3v) is 2.15. The molecule has 0 aliphatic carbocycles. The summed E-state index contributed by atoms with van der Waals surface area (Å²) in [6.07, 6.45) is -4.72. The summed E-state index contributed by atoms with van der Waals surface area (Å²) in [5.74, 6) is -1.06. The molecule has 17 heavy (non-hydrogen) atoms. The van der Waals surface area contributed by atoms with Crippen molar-refractivity contribution >= 4 is 12.4 Å². The fourth-order valence-electron chi connectivity index (χ4n) is 1.28. The number of alkyl halides is 4. The first-order chi connectivity index (χ1) is 7.36. The Hall–Kier alpha value is -0.880. The standard InChI is InChI=1S/C10H10F5N.ClH/c11-4-3-9(16)7-2-1-6(5-8(7)12)10(13,14)15;/h1-2,5,9H,3-4,16H2;1H/t9-;/m0./s1. The van der Waals surface area contributed by atoms with Crippen LogP contribution in [0.25, 0.3) is 0 Å². The largest absolute Gasteiger partial charge is 0.416 e. The summed E-state index contributed by atoms with van der Waals surface area (Å²) in [4.78, 5) is 0. The minimum Gasteiger partial charge on any atom is -0.324 e. The lowest BCUT2D eigenvalue weighted by Crippen LogP contribution is -2.14. The Balaban J connectivity index is 0.00000256. The lowest BCUT2D eigenvalue weighted by molar-refractivity contribution is -0.137. The van der Waals surface area contributed by atoms with Crippen LogP contribution in [0.4, 0.5) is 22.0 Å². The number of benzene rings is 1. The molecular weight excluding hydrogens is 265 g/mol. The Labute approximate surface area is 101 Å². The van der Waals surface area contributed by atoms with Gasteiger partial charge in [0.15, 0.2) is 0 Å². The third kappa shape index (κ3) is 4.12. The zero-order valence-corrected chi connectivity index (χ0v) is 9.42. The molecule has 0 spiro atoms. The maximum absolute atomic E-state index is 13.3. The van der Waals surface area contributed by atoms with Crippen LogP contribution in [-0.2, 0) is 6.18 Å². The first-order valence-electron chi connectivity index (χ1n) is 4.54. The third-order valence-electron chi connectivity index (χ3n) is 2.15. The predicted octanol–water partition coefficient (Wildman–Crippen LogP) is 3.63. The molecule has 1 nitrogen and oxygen atoms in total. The zero-order chi connectivity index (χ0) is 12.3. The molecule has 1 aromatic carbocycles. The van der Waals surface area contributed by atoms with Crippen molar-refractivity contribution in [2.24, 2.45) is 5.73 Å². The molecule has 0 aromatic heterocycles. The summed E-state index contributed by atoms with van der Waals surface area (Å²) in [6, 6.07) is 1.12. The highest BCUT2D eigenvalue weighted by Crippen LogP contribution is 2.31. The highest BCUT2D eigenvalue weighted by molar-refractivity contribution is 5.85. The molecule has 0 aliphatic rings. The molecule has 0 saturated heterocycles. The van der Waals surface area contributed by atoms with Crippen LogP contribution in [0, 0.1) is 5.82 Å². The lowest BCUT2D eigenvalue weighted by atomic mass is 10.0. The molecule has 0 aliphatic heterocycles. The van der Waals surface area contributed by atoms with Crippen molar-refractivity contribution in [2.75, 3.05) is 6.67 Å². The van der Waals surface area contributed by atoms with Crippen LogP contribution in [0.2, 0.25) is 0 Å². The van der Waals surface area contributed by atoms with Gasteiger partial charge >= 0.3 is 6.18 Å². The SMILES string of the molecule is Cl.N[C@@H](CCF)c1ccc(C(F)(F)F)cc1F. The molecule has 1 rings (SSSR count). The van der Waals surface area contributed by atoms with Gasteiger partial charge in [-0.3, -0.25) is 4.39 Å². The van der Waals surface area contributed by atoms with E-state index in [0.717, 1.165) is 12.1 Å². The quantitative estimate of drug-likeness (QED) is 0.838. The van der Waals surface area contributed by atoms with Gasteiger partial charge in [-0.25, -0.2) is 4.39 Å². The van der Waals surface area contributed by atoms with Gasteiger partial charge in [-0.1, -0.05) is 6.07 Å². The maximum Gasteiger partial charge on any atom is 0.416 e. The van der Waals surface area contributed by atoms with E-state index in [1.165, 1.54) is 0 Å². The van der Waals surface area contributed by atoms with Gasteiger partial charge in [0.1, 0.15) is 5.82 Å². The lowest BCUT2D eigenvalue weighted by Gasteiger charge is -2.13. The van der Waals surface area contributed by atoms with E-state index in [1.54, 1.807) is 0 Å². The van der Waals surface area contributed by atoms with Crippen molar-refractivity contribution in [3.8, 4) is 0 Å². The Morgan fingerprint density at radius 1 is 1.24 bits per heavy atom. The van der Waals surface area contributed by atoms with Crippen LogP contribution in [0.15, 0.2) is 18.2 Å². The van der Waals surface area contributed by atoms with Crippen LogP contribution < -0.4 is 5.73 Å². The van der Waals surface area contributed by atoms with E-state index in [9.17, 15) is 22.0 Å². The molecule has 1 atom stereocenters. The second kappa shape index (κ2) is 6.16. The Kier molecular flexibility index (Phi) is 5.84. The number of hydrogen-bond donors (Lipinski definition) is 1. The molecular formula is C10H11ClF5N. The molecule has 7 heteroatoms. The van der Waals surface area contributed by atoms with Crippen molar-refractivity contribution in [2.45, 2.75) is 18.6 Å². The molecule has 0 fully saturated rings. The van der Waals surface area contributed by atoms with E-state index in [1.807, 2.05) is 0 Å². The monoisotopic (exact) mass is 275 g/mol. The van der Waals surface area contributed by atoms with Crippen LogP contribution in [0.1, 0.15) is 23.6 Å². The van der Waals surface area contributed by atoms with Gasteiger partial charge < -0.3 is 5.73 Å². The summed E-state index contributed by atoms with van der Waals surface area (Å²) >= 11 is 0. The Morgan fingerprint density at radius 2 is 1.82 bits per heavy atom. The highest BCUT2D eigenvalue weighted by Gasteiger charge is 2.31. The topological polar surface area (TPSA) is 26.0 Å². The number of halogens is 6. The van der Waals surface area contributed by atoms with Crippen molar-refractivity contribution in [3.63, 3.8) is 0 Å². The van der Waals surface area contributed by atoms with E-state index in [2.05, 4.69) is 0 Å². The van der Waals surface area contributed by atoms with Crippen LogP contribution in [0.3, 0.4) is 0 Å². The Morgan fingerprint density at radius 3 is 2.24 bits per heavy atom. The first-order valence-corrected chi connectivity index (χ1v) is 4.54. The summed E-state index contributed by atoms with van der Waals surface area (Å²) in [6.45, 7) is -0.748. The normalized spacial score (nSPS) is 13.1. The van der Waals surface area contributed by atoms with Gasteiger partial charge in [0.05, 0.1) is 12.2 Å². The van der Waals surface area contributed by atoms with Gasteiger partial charge in [-0.05, 0) is 18.6 Å².